The Kier molecular flexibility index (Phi) is 51.8. The normalized spacial score (nSPS) is 14.2. The number of quaternary nitrogens is 1. The van der Waals surface area contributed by atoms with Crippen LogP contribution in [-0.4, -0.2) is 70.7 Å². The van der Waals surface area contributed by atoms with Gasteiger partial charge < -0.3 is 27.9 Å². The topological polar surface area (TPSA) is 94.1 Å². The lowest BCUT2D eigenvalue weighted by molar-refractivity contribution is -0.870. The number of allylic oxidation sites excluding steroid dienone is 16. The van der Waals surface area contributed by atoms with Gasteiger partial charge >= 0.3 is 5.97 Å². The Morgan fingerprint density at radius 1 is 0.437 bits per heavy atom. The number of carbonyl (C=O) groups is 1. The lowest BCUT2D eigenvalue weighted by Gasteiger charge is -2.28. The van der Waals surface area contributed by atoms with Gasteiger partial charge in [-0.1, -0.05) is 233 Å². The van der Waals surface area contributed by atoms with Gasteiger partial charge in [0.05, 0.1) is 34.4 Å². The maximum atomic E-state index is 12.8. The third-order valence-electron chi connectivity index (χ3n) is 12.1. The number of carbonyl (C=O) groups excluding carboxylic acids is 1. The summed E-state index contributed by atoms with van der Waals surface area (Å²) in [6.45, 7) is 5.19. The zero-order valence-corrected chi connectivity index (χ0v) is 47.5. The van der Waals surface area contributed by atoms with Crippen LogP contribution >= 0.6 is 7.82 Å². The van der Waals surface area contributed by atoms with E-state index in [0.29, 0.717) is 24.1 Å². The minimum atomic E-state index is -4.54. The molecule has 0 aromatic heterocycles. The Morgan fingerprint density at radius 2 is 0.775 bits per heavy atom. The molecule has 0 aromatic rings. The van der Waals surface area contributed by atoms with Crippen molar-refractivity contribution in [3.8, 4) is 0 Å². The van der Waals surface area contributed by atoms with Crippen LogP contribution < -0.4 is 4.89 Å². The van der Waals surface area contributed by atoms with Gasteiger partial charge in [-0.2, -0.15) is 0 Å². The smallest absolute Gasteiger partial charge is 0.306 e. The molecule has 71 heavy (non-hydrogen) atoms. The molecule has 0 aliphatic rings. The van der Waals surface area contributed by atoms with Crippen molar-refractivity contribution in [3.05, 3.63) is 97.2 Å². The van der Waals surface area contributed by atoms with Crippen LogP contribution in [0.25, 0.3) is 0 Å². The van der Waals surface area contributed by atoms with E-state index in [4.69, 9.17) is 18.5 Å². The first-order valence-corrected chi connectivity index (χ1v) is 30.4. The van der Waals surface area contributed by atoms with Gasteiger partial charge in [0.25, 0.3) is 7.82 Å². The van der Waals surface area contributed by atoms with Gasteiger partial charge in [0, 0.05) is 13.0 Å². The second-order valence-corrected chi connectivity index (χ2v) is 21.6. The van der Waals surface area contributed by atoms with Crippen molar-refractivity contribution in [2.45, 2.75) is 238 Å². The van der Waals surface area contributed by atoms with Crippen LogP contribution in [0.5, 0.6) is 0 Å². The number of hydrogen-bond donors (Lipinski definition) is 0. The molecule has 0 N–H and O–H groups in total. The number of hydrogen-bond acceptors (Lipinski definition) is 7. The van der Waals surface area contributed by atoms with Gasteiger partial charge in [0.2, 0.25) is 0 Å². The summed E-state index contributed by atoms with van der Waals surface area (Å²) in [5.74, 6) is -0.339. The average molecular weight is 1010 g/mol. The molecule has 0 aliphatic carbocycles. The number of phosphoric acid groups is 1. The molecule has 0 saturated heterocycles. The van der Waals surface area contributed by atoms with Crippen molar-refractivity contribution in [1.82, 2.24) is 0 Å². The molecule has 0 rings (SSSR count). The molecule has 0 heterocycles. The molecule has 410 valence electrons. The molecular weight excluding hydrogens is 902 g/mol. The van der Waals surface area contributed by atoms with Crippen molar-refractivity contribution in [1.29, 1.82) is 0 Å². The maximum absolute atomic E-state index is 12.8. The summed E-state index contributed by atoms with van der Waals surface area (Å²) >= 11 is 0. The third-order valence-corrected chi connectivity index (χ3v) is 13.1. The van der Waals surface area contributed by atoms with Crippen molar-refractivity contribution in [2.75, 3.05) is 54.1 Å². The maximum Gasteiger partial charge on any atom is 0.306 e. The summed E-state index contributed by atoms with van der Waals surface area (Å²) < 4.78 is 34.9. The predicted molar refractivity (Wildman–Crippen MR) is 305 cm³/mol. The molecule has 0 aromatic carbocycles. The highest BCUT2D eigenvalue weighted by Gasteiger charge is 2.20. The lowest BCUT2D eigenvalue weighted by atomic mass is 10.0. The van der Waals surface area contributed by atoms with Gasteiger partial charge in [-0.05, 0) is 89.9 Å². The number of nitrogens with zero attached hydrogens (tertiary/aromatic N) is 1. The summed E-state index contributed by atoms with van der Waals surface area (Å²) in [4.78, 5) is 25.3. The first-order chi connectivity index (χ1) is 34.6. The Bertz CT molecular complexity index is 1460. The van der Waals surface area contributed by atoms with Crippen molar-refractivity contribution < 1.29 is 37.3 Å². The molecule has 2 unspecified atom stereocenters. The van der Waals surface area contributed by atoms with Crippen LogP contribution in [0, 0.1) is 0 Å². The molecule has 0 fully saturated rings. The Labute approximate surface area is 438 Å². The Hall–Kier alpha value is -2.58. The summed E-state index contributed by atoms with van der Waals surface area (Å²) in [6.07, 6.45) is 74.4. The Balaban J connectivity index is 4.09. The van der Waals surface area contributed by atoms with E-state index in [1.807, 2.05) is 21.1 Å². The summed E-state index contributed by atoms with van der Waals surface area (Å²) in [5.41, 5.74) is 0. The van der Waals surface area contributed by atoms with Crippen LogP contribution in [0.4, 0.5) is 0 Å². The number of esters is 1. The Morgan fingerprint density at radius 3 is 1.15 bits per heavy atom. The second-order valence-electron chi connectivity index (χ2n) is 20.2. The van der Waals surface area contributed by atoms with E-state index in [-0.39, 0.29) is 25.8 Å². The molecule has 0 spiro atoms. The van der Waals surface area contributed by atoms with Crippen LogP contribution in [0.15, 0.2) is 97.2 Å². The summed E-state index contributed by atoms with van der Waals surface area (Å²) in [6, 6.07) is 0. The van der Waals surface area contributed by atoms with Crippen LogP contribution in [0.1, 0.15) is 232 Å². The quantitative estimate of drug-likeness (QED) is 0.0197. The molecule has 0 aliphatic heterocycles. The number of likely N-dealkylation sites (N-methyl/N-ethyl adjacent to an activating group) is 1. The van der Waals surface area contributed by atoms with E-state index < -0.39 is 13.9 Å². The molecule has 2 atom stereocenters. The minimum absolute atomic E-state index is 0.0210. The fourth-order valence-corrected chi connectivity index (χ4v) is 8.49. The van der Waals surface area contributed by atoms with Crippen molar-refractivity contribution >= 4 is 13.8 Å². The lowest BCUT2D eigenvalue weighted by Crippen LogP contribution is -2.37. The molecule has 0 bridgehead atoms. The van der Waals surface area contributed by atoms with E-state index in [0.717, 1.165) is 83.5 Å². The number of rotatable bonds is 53. The molecule has 0 saturated carbocycles. The molecule has 9 heteroatoms. The van der Waals surface area contributed by atoms with Gasteiger partial charge in [0.15, 0.2) is 0 Å². The van der Waals surface area contributed by atoms with Crippen LogP contribution in [-0.2, 0) is 27.9 Å². The summed E-state index contributed by atoms with van der Waals surface area (Å²) in [5, 5.41) is 0. The van der Waals surface area contributed by atoms with Gasteiger partial charge in [-0.25, -0.2) is 0 Å². The van der Waals surface area contributed by atoms with Crippen molar-refractivity contribution in [2.24, 2.45) is 0 Å². The monoisotopic (exact) mass is 1010 g/mol. The van der Waals surface area contributed by atoms with Gasteiger partial charge in [-0.15, -0.1) is 0 Å². The first-order valence-electron chi connectivity index (χ1n) is 29.0. The fourth-order valence-electron chi connectivity index (χ4n) is 7.77. The highest BCUT2D eigenvalue weighted by molar-refractivity contribution is 7.45. The van der Waals surface area contributed by atoms with E-state index in [9.17, 15) is 14.3 Å². The second kappa shape index (κ2) is 53.7. The van der Waals surface area contributed by atoms with E-state index in [1.165, 1.54) is 128 Å². The molecule has 0 radical (unpaired) electrons. The zero-order chi connectivity index (χ0) is 51.9. The van der Waals surface area contributed by atoms with Crippen LogP contribution in [0.3, 0.4) is 0 Å². The van der Waals surface area contributed by atoms with E-state index >= 15 is 0 Å². The molecule has 0 amide bonds. The van der Waals surface area contributed by atoms with Gasteiger partial charge in [-0.3, -0.25) is 9.36 Å². The van der Waals surface area contributed by atoms with E-state index in [1.54, 1.807) is 0 Å². The predicted octanol–water partition coefficient (Wildman–Crippen LogP) is 17.9. The number of phosphoric ester groups is 1. The van der Waals surface area contributed by atoms with E-state index in [2.05, 4.69) is 111 Å². The SMILES string of the molecule is CC/C=C\C/C=C\C/C=C\C/C=C\CCCCCCCCCCCCCCC(=O)OC(COCCCCCCCCCCCCC/C=C\C/C=C\C/C=C\C/C=C\CC)COP(=O)([O-])OCC[N+](C)(C)C. The highest BCUT2D eigenvalue weighted by atomic mass is 31.2. The van der Waals surface area contributed by atoms with Gasteiger partial charge in [0.1, 0.15) is 19.3 Å². The minimum Gasteiger partial charge on any atom is -0.756 e. The number of ether oxygens (including phenoxy) is 2. The van der Waals surface area contributed by atoms with Crippen molar-refractivity contribution in [3.63, 3.8) is 0 Å². The fraction of sp³-hybridized carbons (Fsp3) is 0.726. The highest BCUT2D eigenvalue weighted by Crippen LogP contribution is 2.38. The standard InChI is InChI=1S/C62H110NO7P/c1-6-8-10-12-14-16-18-20-22-24-26-28-30-32-33-35-37-39-41-43-45-47-49-51-53-55-62(64)70-61(60-69-71(65,66)68-58-56-63(3,4)5)59-67-57-54-52-50-48-46-44-42-40-38-36-34-31-29-27-25-23-21-19-17-15-13-11-9-7-2/h8-11,14-17,20-23,26-29,61H,6-7,12-13,18-19,24-25,30-60H2,1-5H3/b10-8-,11-9-,16-14-,17-15-,22-20-,23-21-,28-26-,29-27-. The zero-order valence-electron chi connectivity index (χ0n) is 46.6. The first kappa shape index (κ1) is 68.4. The third kappa shape index (κ3) is 58.2. The van der Waals surface area contributed by atoms with Crippen LogP contribution in [0.2, 0.25) is 0 Å². The number of unbranched alkanes of at least 4 members (excludes halogenated alkanes) is 23. The largest absolute Gasteiger partial charge is 0.756 e. The molecule has 8 nitrogen and oxygen atoms in total. The average Bonchev–Trinajstić information content (AvgIpc) is 3.33. The molecular formula is C62H110NO7P. The summed E-state index contributed by atoms with van der Waals surface area (Å²) in [7, 11) is 1.35.